The maximum absolute atomic E-state index is 7.84. The lowest BCUT2D eigenvalue weighted by Gasteiger charge is -2.31. The van der Waals surface area contributed by atoms with Crippen molar-refractivity contribution < 1.29 is 4.74 Å². The van der Waals surface area contributed by atoms with Gasteiger partial charge in [-0.25, -0.2) is 0 Å². The van der Waals surface area contributed by atoms with Crippen molar-refractivity contribution in [3.05, 3.63) is 83.0 Å². The lowest BCUT2D eigenvalue weighted by Crippen LogP contribution is -2.31. The van der Waals surface area contributed by atoms with Crippen LogP contribution in [0.5, 0.6) is 0 Å². The van der Waals surface area contributed by atoms with Gasteiger partial charge in [0.15, 0.2) is 0 Å². The van der Waals surface area contributed by atoms with E-state index in [0.717, 1.165) is 14.9 Å². The molecule has 0 fully saturated rings. The van der Waals surface area contributed by atoms with Crippen molar-refractivity contribution in [1.82, 2.24) is 0 Å². The molecule has 0 spiro atoms. The fourth-order valence-corrected chi connectivity index (χ4v) is 3.84. The molecule has 0 aliphatic rings. The van der Waals surface area contributed by atoms with Crippen LogP contribution in [0.25, 0.3) is 0 Å². The van der Waals surface area contributed by atoms with E-state index in [4.69, 9.17) is 44.9 Å². The Morgan fingerprint density at radius 3 is 2.31 bits per heavy atom. The van der Waals surface area contributed by atoms with Crippen molar-refractivity contribution in [1.29, 1.82) is 5.41 Å². The van der Waals surface area contributed by atoms with Gasteiger partial charge < -0.3 is 4.74 Å². The zero-order chi connectivity index (χ0) is 19.2. The molecule has 0 radical (unpaired) electrons. The predicted molar refractivity (Wildman–Crippen MR) is 116 cm³/mol. The first-order chi connectivity index (χ1) is 12.3. The molecule has 0 saturated carbocycles. The third-order valence-corrected chi connectivity index (χ3v) is 5.79. The van der Waals surface area contributed by atoms with E-state index in [1.165, 1.54) is 0 Å². The maximum Gasteiger partial charge on any atom is 0.265 e. The number of thioether (sulfide) groups is 1. The van der Waals surface area contributed by atoms with Gasteiger partial charge in [0.1, 0.15) is 11.4 Å². The summed E-state index contributed by atoms with van der Waals surface area (Å²) < 4.78 is 3.87. The van der Waals surface area contributed by atoms with Gasteiger partial charge >= 0.3 is 0 Å². The molecule has 2 nitrogen and oxygen atoms in total. The van der Waals surface area contributed by atoms with Crippen molar-refractivity contribution in [2.75, 3.05) is 6.61 Å². The molecular weight excluding hydrogens is 477 g/mol. The molecule has 2 rings (SSSR count). The molecule has 1 N–H and O–H groups in total. The van der Waals surface area contributed by atoms with Crippen molar-refractivity contribution in [2.45, 2.75) is 13.4 Å². The highest BCUT2D eigenvalue weighted by Crippen LogP contribution is 2.44. The van der Waals surface area contributed by atoms with E-state index in [9.17, 15) is 0 Å². The quantitative estimate of drug-likeness (QED) is 0.153. The Hall–Kier alpha value is -0.870. The van der Waals surface area contributed by atoms with Gasteiger partial charge in [0, 0.05) is 9.37 Å². The Labute approximate surface area is 180 Å². The molecule has 0 amide bonds. The van der Waals surface area contributed by atoms with E-state index < -0.39 is 14.4 Å². The molecule has 7 heteroatoms. The molecule has 26 heavy (non-hydrogen) atoms. The molecule has 0 heterocycles. The first-order valence-electron chi connectivity index (χ1n) is 7.42. The van der Waals surface area contributed by atoms with Gasteiger partial charge in [-0.3, -0.25) is 5.41 Å². The van der Waals surface area contributed by atoms with Crippen LogP contribution in [0.4, 0.5) is 0 Å². The van der Waals surface area contributed by atoms with Crippen LogP contribution in [-0.2, 0) is 9.48 Å². The third kappa shape index (κ3) is 5.82. The number of hydrogen-bond donors (Lipinski definition) is 1. The summed E-state index contributed by atoms with van der Waals surface area (Å²) in [5.41, 5.74) is 3.79. The van der Waals surface area contributed by atoms with Crippen molar-refractivity contribution in [3.63, 3.8) is 0 Å². The fourth-order valence-electron chi connectivity index (χ4n) is 2.18. The smallest absolute Gasteiger partial charge is 0.265 e. The Balaban J connectivity index is 2.44. The summed E-state index contributed by atoms with van der Waals surface area (Å²) in [5, 5.41) is 7.84. The highest BCUT2D eigenvalue weighted by molar-refractivity contribution is 9.10. The first-order valence-corrected chi connectivity index (χ1v) is 10.2. The summed E-state index contributed by atoms with van der Waals surface area (Å²) >= 11 is 22.2. The van der Waals surface area contributed by atoms with E-state index in [1.807, 2.05) is 54.6 Å². The van der Waals surface area contributed by atoms with Crippen molar-refractivity contribution in [2.24, 2.45) is 0 Å². The molecule has 1 unspecified atom stereocenters. The molecule has 0 bridgehead atoms. The van der Waals surface area contributed by atoms with Crippen LogP contribution in [0, 0.1) is 5.41 Å². The molecule has 2 aromatic rings. The van der Waals surface area contributed by atoms with Crippen LogP contribution < -0.4 is 0 Å². The molecular formula is C19H15BrCl3NOS. The number of hydrogen-bond acceptors (Lipinski definition) is 3. The minimum absolute atomic E-state index is 0.0729. The Kier molecular flexibility index (Phi) is 7.72. The molecule has 0 aliphatic carbocycles. The number of halogens is 4. The van der Waals surface area contributed by atoms with Crippen LogP contribution in [-0.4, -0.2) is 16.3 Å². The predicted octanol–water partition coefficient (Wildman–Crippen LogP) is 7.14. The summed E-state index contributed by atoms with van der Waals surface area (Å²) in [6, 6.07) is 17.7. The number of rotatable bonds is 6. The van der Waals surface area contributed by atoms with E-state index in [0.29, 0.717) is 0 Å². The number of alkyl halides is 3. The zero-order valence-electron chi connectivity index (χ0n) is 13.5. The van der Waals surface area contributed by atoms with Gasteiger partial charge in [-0.15, -0.1) is 17.5 Å². The molecule has 0 saturated heterocycles. The summed E-state index contributed by atoms with van der Waals surface area (Å²) in [6.45, 7) is 3.79. The normalized spacial score (nSPS) is 13.4. The van der Waals surface area contributed by atoms with Crippen LogP contribution in [0.2, 0.25) is 0 Å². The standard InChI is InChI=1S/C19H15BrCl3NOS/c1-2-12-18(13-25-17(24)19(21,22)23,14-8-10-15(20)11-9-14)26-16-6-4-3-5-7-16/h3-12,24H,1,13H2. The average molecular weight is 492 g/mol. The lowest BCUT2D eigenvalue weighted by atomic mass is 9.99. The van der Waals surface area contributed by atoms with E-state index in [2.05, 4.69) is 28.2 Å². The van der Waals surface area contributed by atoms with Crippen LogP contribution in [0.1, 0.15) is 5.56 Å². The molecule has 2 aromatic carbocycles. The summed E-state index contributed by atoms with van der Waals surface area (Å²) in [7, 11) is 0. The van der Waals surface area contributed by atoms with Crippen molar-refractivity contribution >= 4 is 68.4 Å². The number of benzene rings is 2. The van der Waals surface area contributed by atoms with Crippen LogP contribution in [0.3, 0.4) is 0 Å². The summed E-state index contributed by atoms with van der Waals surface area (Å²) in [6.07, 6.45) is 1.81. The van der Waals surface area contributed by atoms with Gasteiger partial charge in [0.05, 0.1) is 0 Å². The van der Waals surface area contributed by atoms with E-state index >= 15 is 0 Å². The van der Waals surface area contributed by atoms with Gasteiger partial charge in [-0.2, -0.15) is 0 Å². The highest BCUT2D eigenvalue weighted by atomic mass is 79.9. The van der Waals surface area contributed by atoms with Gasteiger partial charge in [-0.1, -0.05) is 87.6 Å². The lowest BCUT2D eigenvalue weighted by molar-refractivity contribution is 0.273. The Bertz CT molecular complexity index is 802. The highest BCUT2D eigenvalue weighted by Gasteiger charge is 2.36. The fraction of sp³-hybridized carbons (Fsp3) is 0.158. The van der Waals surface area contributed by atoms with Crippen LogP contribution in [0.15, 0.2) is 82.4 Å². The number of ether oxygens (including phenoxy) is 1. The van der Waals surface area contributed by atoms with Gasteiger partial charge in [0.25, 0.3) is 3.79 Å². The second-order valence-corrected chi connectivity index (χ2v) is 9.88. The Morgan fingerprint density at radius 2 is 1.77 bits per heavy atom. The topological polar surface area (TPSA) is 33.1 Å². The molecule has 1 atom stereocenters. The number of nitrogens with one attached hydrogen (secondary N) is 1. The molecule has 0 aromatic heterocycles. The van der Waals surface area contributed by atoms with E-state index in [-0.39, 0.29) is 6.61 Å². The molecule has 0 aliphatic heterocycles. The minimum Gasteiger partial charge on any atom is -0.476 e. The first kappa shape index (κ1) is 21.4. The monoisotopic (exact) mass is 489 g/mol. The second-order valence-electron chi connectivity index (χ2n) is 5.28. The largest absolute Gasteiger partial charge is 0.476 e. The minimum atomic E-state index is -1.92. The Morgan fingerprint density at radius 1 is 1.15 bits per heavy atom. The van der Waals surface area contributed by atoms with Gasteiger partial charge in [-0.05, 0) is 35.9 Å². The average Bonchev–Trinajstić information content (AvgIpc) is 2.60. The summed E-state index contributed by atoms with van der Waals surface area (Å²) in [5.74, 6) is -0.435. The maximum atomic E-state index is 7.84. The second kappa shape index (κ2) is 9.36. The zero-order valence-corrected chi connectivity index (χ0v) is 18.2. The SMILES string of the molecule is C=C=CC(COC(=N)C(Cl)(Cl)Cl)(Sc1ccccc1)c1ccc(Br)cc1. The van der Waals surface area contributed by atoms with E-state index in [1.54, 1.807) is 17.8 Å². The van der Waals surface area contributed by atoms with Gasteiger partial charge in [0.2, 0.25) is 5.90 Å². The van der Waals surface area contributed by atoms with Crippen LogP contribution >= 0.6 is 62.5 Å². The van der Waals surface area contributed by atoms with Crippen molar-refractivity contribution in [3.8, 4) is 0 Å². The summed E-state index contributed by atoms with van der Waals surface area (Å²) in [4.78, 5) is 1.02. The third-order valence-electron chi connectivity index (χ3n) is 3.40. The molecule has 136 valence electrons.